The lowest BCUT2D eigenvalue weighted by molar-refractivity contribution is -0.139. The lowest BCUT2D eigenvalue weighted by atomic mass is 9.93. The zero-order valence-electron chi connectivity index (χ0n) is 17.6. The van der Waals surface area contributed by atoms with E-state index in [-0.39, 0.29) is 18.5 Å². The van der Waals surface area contributed by atoms with Crippen molar-refractivity contribution in [1.29, 1.82) is 0 Å². The highest BCUT2D eigenvalue weighted by molar-refractivity contribution is 6.07. The third kappa shape index (κ3) is 4.22. The summed E-state index contributed by atoms with van der Waals surface area (Å²) in [4.78, 5) is 54.3. The van der Waals surface area contributed by atoms with Crippen LogP contribution in [0.2, 0.25) is 0 Å². The Bertz CT molecular complexity index is 1240. The van der Waals surface area contributed by atoms with Crippen LogP contribution in [0.4, 0.5) is 4.79 Å². The van der Waals surface area contributed by atoms with Crippen LogP contribution in [0.1, 0.15) is 25.3 Å². The van der Waals surface area contributed by atoms with E-state index in [1.54, 1.807) is 31.2 Å². The van der Waals surface area contributed by atoms with Crippen LogP contribution in [-0.2, 0) is 22.6 Å². The molecule has 0 saturated carbocycles. The molecule has 1 unspecified atom stereocenters. The lowest BCUT2D eigenvalue weighted by Crippen LogP contribution is -2.49. The fourth-order valence-corrected chi connectivity index (χ4v) is 3.66. The molecule has 32 heavy (non-hydrogen) atoms. The van der Waals surface area contributed by atoms with E-state index in [1.165, 1.54) is 10.9 Å². The number of nitrogens with zero attached hydrogens (tertiary/aromatic N) is 3. The van der Waals surface area contributed by atoms with Crippen LogP contribution in [0.5, 0.6) is 0 Å². The van der Waals surface area contributed by atoms with Gasteiger partial charge in [-0.3, -0.25) is 24.4 Å². The SMILES string of the molecule is CC1(CCc2ccccc2)NC(=O)N(NC(=O)CCn2cnc3ccccc3c2=O)C1=O. The molecule has 1 saturated heterocycles. The normalized spacial score (nSPS) is 18.1. The maximum Gasteiger partial charge on any atom is 0.344 e. The second-order valence-corrected chi connectivity index (χ2v) is 7.93. The van der Waals surface area contributed by atoms with Crippen LogP contribution in [0, 0.1) is 0 Å². The lowest BCUT2D eigenvalue weighted by Gasteiger charge is -2.21. The summed E-state index contributed by atoms with van der Waals surface area (Å²) in [6.45, 7) is 1.71. The number of benzene rings is 2. The molecule has 2 heterocycles. The summed E-state index contributed by atoms with van der Waals surface area (Å²) in [6, 6.07) is 15.9. The van der Waals surface area contributed by atoms with E-state index >= 15 is 0 Å². The molecule has 2 aromatic carbocycles. The molecule has 164 valence electrons. The zero-order chi connectivity index (χ0) is 22.7. The number of hydrogen-bond donors (Lipinski definition) is 2. The van der Waals surface area contributed by atoms with Gasteiger partial charge in [-0.15, -0.1) is 0 Å². The van der Waals surface area contributed by atoms with Crippen molar-refractivity contribution in [2.24, 2.45) is 0 Å². The molecule has 4 amide bonds. The average Bonchev–Trinajstić information content (AvgIpc) is 3.01. The van der Waals surface area contributed by atoms with Crippen LogP contribution in [0.15, 0.2) is 65.7 Å². The molecule has 1 aromatic heterocycles. The molecular weight excluding hydrogens is 410 g/mol. The largest absolute Gasteiger partial charge is 0.344 e. The maximum absolute atomic E-state index is 12.8. The van der Waals surface area contributed by atoms with Gasteiger partial charge in [-0.05, 0) is 37.5 Å². The molecule has 1 atom stereocenters. The molecule has 9 nitrogen and oxygen atoms in total. The molecule has 1 aliphatic rings. The Morgan fingerprint density at radius 3 is 2.56 bits per heavy atom. The Labute approximate surface area is 184 Å². The fraction of sp³-hybridized carbons (Fsp3) is 0.261. The van der Waals surface area contributed by atoms with Crippen molar-refractivity contribution in [3.63, 3.8) is 0 Å². The predicted molar refractivity (Wildman–Crippen MR) is 117 cm³/mol. The number of fused-ring (bicyclic) bond motifs is 1. The summed E-state index contributed by atoms with van der Waals surface area (Å²) >= 11 is 0. The molecule has 3 aromatic rings. The smallest absolute Gasteiger partial charge is 0.322 e. The number of carbonyl (C=O) groups excluding carboxylic acids is 3. The number of aromatic nitrogens is 2. The Hall–Kier alpha value is -4.01. The van der Waals surface area contributed by atoms with Crippen LogP contribution < -0.4 is 16.3 Å². The summed E-state index contributed by atoms with van der Waals surface area (Å²) in [5.41, 5.74) is 2.61. The van der Waals surface area contributed by atoms with Crippen LogP contribution in [-0.4, -0.2) is 37.9 Å². The Kier molecular flexibility index (Phi) is 5.72. The number of imide groups is 1. The summed E-state index contributed by atoms with van der Waals surface area (Å²) < 4.78 is 1.33. The van der Waals surface area contributed by atoms with Gasteiger partial charge >= 0.3 is 6.03 Å². The molecule has 1 aliphatic heterocycles. The first-order valence-electron chi connectivity index (χ1n) is 10.3. The summed E-state index contributed by atoms with van der Waals surface area (Å²) in [7, 11) is 0. The zero-order valence-corrected chi connectivity index (χ0v) is 17.6. The maximum atomic E-state index is 12.8. The number of nitrogens with one attached hydrogen (secondary N) is 2. The van der Waals surface area contributed by atoms with Crippen molar-refractivity contribution in [3.05, 3.63) is 76.8 Å². The van der Waals surface area contributed by atoms with Crippen molar-refractivity contribution >= 4 is 28.7 Å². The van der Waals surface area contributed by atoms with E-state index in [2.05, 4.69) is 15.7 Å². The molecule has 0 radical (unpaired) electrons. The van der Waals surface area contributed by atoms with E-state index < -0.39 is 23.4 Å². The number of para-hydroxylation sites is 1. The van der Waals surface area contributed by atoms with Crippen molar-refractivity contribution in [2.45, 2.75) is 38.3 Å². The number of rotatable bonds is 7. The molecule has 0 bridgehead atoms. The van der Waals surface area contributed by atoms with E-state index in [9.17, 15) is 19.2 Å². The van der Waals surface area contributed by atoms with Crippen LogP contribution in [0.25, 0.3) is 10.9 Å². The predicted octanol–water partition coefficient (Wildman–Crippen LogP) is 1.76. The van der Waals surface area contributed by atoms with E-state index in [0.29, 0.717) is 23.7 Å². The van der Waals surface area contributed by atoms with E-state index in [0.717, 1.165) is 10.6 Å². The summed E-state index contributed by atoms with van der Waals surface area (Å²) in [5.74, 6) is -1.07. The van der Waals surface area contributed by atoms with Gasteiger partial charge in [0.2, 0.25) is 5.91 Å². The van der Waals surface area contributed by atoms with Gasteiger partial charge in [0.25, 0.3) is 11.5 Å². The van der Waals surface area contributed by atoms with E-state index in [1.807, 2.05) is 30.3 Å². The van der Waals surface area contributed by atoms with Crippen molar-refractivity contribution in [3.8, 4) is 0 Å². The van der Waals surface area contributed by atoms with Crippen molar-refractivity contribution in [2.75, 3.05) is 0 Å². The van der Waals surface area contributed by atoms with Crippen molar-refractivity contribution in [1.82, 2.24) is 25.3 Å². The van der Waals surface area contributed by atoms with E-state index in [4.69, 9.17) is 0 Å². The second kappa shape index (κ2) is 8.62. The number of amides is 4. The highest BCUT2D eigenvalue weighted by Crippen LogP contribution is 2.22. The van der Waals surface area contributed by atoms with Gasteiger partial charge < -0.3 is 5.32 Å². The molecule has 1 fully saturated rings. The molecule has 2 N–H and O–H groups in total. The Balaban J connectivity index is 1.37. The third-order valence-corrected chi connectivity index (χ3v) is 5.57. The minimum atomic E-state index is -1.11. The number of hydrogen-bond acceptors (Lipinski definition) is 5. The van der Waals surface area contributed by atoms with Gasteiger partial charge in [-0.1, -0.05) is 42.5 Å². The number of urea groups is 1. The fourth-order valence-electron chi connectivity index (χ4n) is 3.66. The standard InChI is InChI=1S/C23H23N5O4/c1-23(13-11-16-7-3-2-4-8-16)21(31)28(22(32)25-23)26-19(29)12-14-27-15-24-18-10-6-5-9-17(18)20(27)30/h2-10,15H,11-14H2,1H3,(H,25,32)(H,26,29). The van der Waals surface area contributed by atoms with Crippen molar-refractivity contribution < 1.29 is 14.4 Å². The number of carbonyl (C=O) groups is 3. The minimum Gasteiger partial charge on any atom is -0.322 e. The molecule has 0 aliphatic carbocycles. The number of hydrazine groups is 1. The first kappa shape index (κ1) is 21.2. The number of aryl methyl sites for hydroxylation is 2. The summed E-state index contributed by atoms with van der Waals surface area (Å²) in [5, 5.41) is 3.84. The topological polar surface area (TPSA) is 113 Å². The van der Waals surface area contributed by atoms with Crippen LogP contribution >= 0.6 is 0 Å². The summed E-state index contributed by atoms with van der Waals surface area (Å²) in [6.07, 6.45) is 2.28. The van der Waals surface area contributed by atoms with Crippen LogP contribution in [0.3, 0.4) is 0 Å². The molecule has 9 heteroatoms. The molecule has 0 spiro atoms. The van der Waals surface area contributed by atoms with Gasteiger partial charge in [0.15, 0.2) is 0 Å². The molecular formula is C23H23N5O4. The second-order valence-electron chi connectivity index (χ2n) is 7.93. The van der Waals surface area contributed by atoms with Gasteiger partial charge in [-0.2, -0.15) is 5.01 Å². The minimum absolute atomic E-state index is 0.0669. The van der Waals surface area contributed by atoms with Gasteiger partial charge in [-0.25, -0.2) is 9.78 Å². The highest BCUT2D eigenvalue weighted by atomic mass is 16.2. The van der Waals surface area contributed by atoms with Gasteiger partial charge in [0, 0.05) is 13.0 Å². The highest BCUT2D eigenvalue weighted by Gasteiger charge is 2.48. The quantitative estimate of drug-likeness (QED) is 0.551. The Morgan fingerprint density at radius 1 is 1.06 bits per heavy atom. The first-order valence-corrected chi connectivity index (χ1v) is 10.3. The Morgan fingerprint density at radius 2 is 1.78 bits per heavy atom. The molecule has 4 rings (SSSR count). The van der Waals surface area contributed by atoms with Gasteiger partial charge in [0.05, 0.1) is 17.2 Å². The average molecular weight is 433 g/mol. The van der Waals surface area contributed by atoms with Gasteiger partial charge in [0.1, 0.15) is 5.54 Å². The first-order chi connectivity index (χ1) is 15.4. The monoisotopic (exact) mass is 433 g/mol. The third-order valence-electron chi connectivity index (χ3n) is 5.57.